The van der Waals surface area contributed by atoms with Crippen molar-refractivity contribution in [1.82, 2.24) is 10.2 Å². The summed E-state index contributed by atoms with van der Waals surface area (Å²) in [5.74, 6) is -0.316. The molecule has 1 aliphatic rings. The zero-order valence-corrected chi connectivity index (χ0v) is 13.1. The summed E-state index contributed by atoms with van der Waals surface area (Å²) in [6, 6.07) is 6.22. The molecule has 0 bridgehead atoms. The Morgan fingerprint density at radius 2 is 2.05 bits per heavy atom. The van der Waals surface area contributed by atoms with Crippen LogP contribution < -0.4 is 5.32 Å². The highest BCUT2D eigenvalue weighted by Crippen LogP contribution is 2.26. The van der Waals surface area contributed by atoms with E-state index in [1.54, 1.807) is 7.05 Å². The molecule has 1 N–H and O–H groups in total. The average molecular weight is 288 g/mol. The van der Waals surface area contributed by atoms with Crippen molar-refractivity contribution in [3.05, 3.63) is 34.9 Å². The number of likely N-dealkylation sites (N-methyl/N-ethyl adjacent to an activating group) is 1. The van der Waals surface area contributed by atoms with E-state index in [2.05, 4.69) is 19.2 Å². The van der Waals surface area contributed by atoms with Gasteiger partial charge in [0.2, 0.25) is 5.91 Å². The van der Waals surface area contributed by atoms with Crippen molar-refractivity contribution < 1.29 is 9.59 Å². The first-order valence-corrected chi connectivity index (χ1v) is 7.75. The van der Waals surface area contributed by atoms with Crippen molar-refractivity contribution in [1.29, 1.82) is 0 Å². The van der Waals surface area contributed by atoms with Crippen LogP contribution >= 0.6 is 0 Å². The number of benzene rings is 1. The predicted octanol–water partition coefficient (Wildman–Crippen LogP) is 2.68. The van der Waals surface area contributed by atoms with Gasteiger partial charge < -0.3 is 5.32 Å². The summed E-state index contributed by atoms with van der Waals surface area (Å²) in [5.41, 5.74) is 2.66. The third-order valence-electron chi connectivity index (χ3n) is 4.08. The van der Waals surface area contributed by atoms with E-state index >= 15 is 0 Å². The van der Waals surface area contributed by atoms with E-state index < -0.39 is 0 Å². The Morgan fingerprint density at radius 1 is 1.29 bits per heavy atom. The van der Waals surface area contributed by atoms with Crippen molar-refractivity contribution in [3.8, 4) is 0 Å². The van der Waals surface area contributed by atoms with Crippen LogP contribution in [0.2, 0.25) is 0 Å². The fourth-order valence-electron chi connectivity index (χ4n) is 2.78. The van der Waals surface area contributed by atoms with Gasteiger partial charge in [-0.25, -0.2) is 0 Å². The molecule has 4 heteroatoms. The second kappa shape index (κ2) is 6.85. The summed E-state index contributed by atoms with van der Waals surface area (Å²) in [5, 5.41) is 3.48. The summed E-state index contributed by atoms with van der Waals surface area (Å²) >= 11 is 0. The highest BCUT2D eigenvalue weighted by molar-refractivity contribution is 6.09. The van der Waals surface area contributed by atoms with Crippen LogP contribution in [-0.4, -0.2) is 30.3 Å². The van der Waals surface area contributed by atoms with Gasteiger partial charge >= 0.3 is 0 Å². The van der Waals surface area contributed by atoms with Crippen LogP contribution in [0.5, 0.6) is 0 Å². The number of rotatable bonds is 6. The minimum Gasteiger partial charge on any atom is -0.310 e. The van der Waals surface area contributed by atoms with Crippen molar-refractivity contribution in [3.63, 3.8) is 0 Å². The number of unbranched alkanes of at least 4 members (excludes halogenated alkanes) is 1. The van der Waals surface area contributed by atoms with Crippen LogP contribution in [-0.2, 0) is 11.2 Å². The van der Waals surface area contributed by atoms with E-state index in [0.29, 0.717) is 12.0 Å². The third kappa shape index (κ3) is 3.32. The maximum Gasteiger partial charge on any atom is 0.260 e. The lowest BCUT2D eigenvalue weighted by Gasteiger charge is -2.25. The largest absolute Gasteiger partial charge is 0.310 e. The van der Waals surface area contributed by atoms with Crippen LogP contribution in [0, 0.1) is 0 Å². The molecule has 21 heavy (non-hydrogen) atoms. The molecule has 2 rings (SSSR count). The lowest BCUT2D eigenvalue weighted by molar-refractivity contribution is -0.127. The second-order valence-corrected chi connectivity index (χ2v) is 5.60. The lowest BCUT2D eigenvalue weighted by atomic mass is 9.92. The monoisotopic (exact) mass is 288 g/mol. The predicted molar refractivity (Wildman–Crippen MR) is 83.2 cm³/mol. The molecule has 0 saturated carbocycles. The number of imide groups is 1. The Labute approximate surface area is 126 Å². The van der Waals surface area contributed by atoms with Gasteiger partial charge in [-0.2, -0.15) is 0 Å². The maximum absolute atomic E-state index is 12.3. The van der Waals surface area contributed by atoms with Gasteiger partial charge in [-0.1, -0.05) is 38.8 Å². The molecule has 1 aliphatic heterocycles. The third-order valence-corrected chi connectivity index (χ3v) is 4.08. The molecule has 2 amide bonds. The smallest absolute Gasteiger partial charge is 0.260 e. The molecule has 1 unspecified atom stereocenters. The lowest BCUT2D eigenvalue weighted by Crippen LogP contribution is -2.39. The number of hydrogen-bond donors (Lipinski definition) is 1. The standard InChI is InChI=1S/C17H24N2O2/c1-4-6-7-15(18-5-2)13-9-8-12-11-16(20)19(3)17(21)14(12)10-13/h8-10,15,18H,4-7,11H2,1-3H3. The summed E-state index contributed by atoms with van der Waals surface area (Å²) in [6.45, 7) is 5.17. The van der Waals surface area contributed by atoms with E-state index in [-0.39, 0.29) is 17.9 Å². The number of fused-ring (bicyclic) bond motifs is 1. The van der Waals surface area contributed by atoms with Crippen LogP contribution in [0.4, 0.5) is 0 Å². The minimum atomic E-state index is -0.186. The number of amides is 2. The highest BCUT2D eigenvalue weighted by Gasteiger charge is 2.28. The van der Waals surface area contributed by atoms with E-state index in [1.165, 1.54) is 4.90 Å². The molecule has 0 aliphatic carbocycles. The van der Waals surface area contributed by atoms with E-state index in [0.717, 1.165) is 36.9 Å². The second-order valence-electron chi connectivity index (χ2n) is 5.60. The summed E-state index contributed by atoms with van der Waals surface area (Å²) in [6.07, 6.45) is 3.69. The number of hydrogen-bond acceptors (Lipinski definition) is 3. The van der Waals surface area contributed by atoms with E-state index in [1.807, 2.05) is 18.2 Å². The Kier molecular flexibility index (Phi) is 5.12. The molecule has 1 heterocycles. The fourth-order valence-corrected chi connectivity index (χ4v) is 2.78. The highest BCUT2D eigenvalue weighted by atomic mass is 16.2. The quantitative estimate of drug-likeness (QED) is 0.819. The van der Waals surface area contributed by atoms with Gasteiger partial charge in [-0.15, -0.1) is 0 Å². The molecular weight excluding hydrogens is 264 g/mol. The van der Waals surface area contributed by atoms with Crippen molar-refractivity contribution in [2.45, 2.75) is 45.6 Å². The Bertz CT molecular complexity index is 540. The zero-order valence-electron chi connectivity index (χ0n) is 13.1. The number of carbonyl (C=O) groups is 2. The van der Waals surface area contributed by atoms with E-state index in [4.69, 9.17) is 0 Å². The van der Waals surface area contributed by atoms with Crippen molar-refractivity contribution in [2.75, 3.05) is 13.6 Å². The number of nitrogens with one attached hydrogen (secondary N) is 1. The molecule has 4 nitrogen and oxygen atoms in total. The zero-order chi connectivity index (χ0) is 15.4. The first-order chi connectivity index (χ1) is 10.1. The molecular formula is C17H24N2O2. The number of carbonyl (C=O) groups excluding carboxylic acids is 2. The van der Waals surface area contributed by atoms with Crippen LogP contribution in [0.25, 0.3) is 0 Å². The van der Waals surface area contributed by atoms with Crippen LogP contribution in [0.1, 0.15) is 60.6 Å². The molecule has 0 fully saturated rings. The Morgan fingerprint density at radius 3 is 2.71 bits per heavy atom. The SMILES string of the molecule is CCCCC(NCC)c1ccc2c(c1)C(=O)N(C)C(=O)C2. The summed E-state index contributed by atoms with van der Waals surface area (Å²) in [4.78, 5) is 25.2. The first kappa shape index (κ1) is 15.7. The summed E-state index contributed by atoms with van der Waals surface area (Å²) < 4.78 is 0. The first-order valence-electron chi connectivity index (χ1n) is 7.75. The Hall–Kier alpha value is -1.68. The van der Waals surface area contributed by atoms with Crippen LogP contribution in [0.3, 0.4) is 0 Å². The maximum atomic E-state index is 12.3. The fraction of sp³-hybridized carbons (Fsp3) is 0.529. The van der Waals surface area contributed by atoms with Gasteiger partial charge in [-0.3, -0.25) is 14.5 Å². The van der Waals surface area contributed by atoms with E-state index in [9.17, 15) is 9.59 Å². The van der Waals surface area contributed by atoms with Crippen molar-refractivity contribution in [2.24, 2.45) is 0 Å². The summed E-state index contributed by atoms with van der Waals surface area (Å²) in [7, 11) is 1.55. The number of nitrogens with zero attached hydrogens (tertiary/aromatic N) is 1. The van der Waals surface area contributed by atoms with Crippen LogP contribution in [0.15, 0.2) is 18.2 Å². The average Bonchev–Trinajstić information content (AvgIpc) is 2.49. The topological polar surface area (TPSA) is 49.4 Å². The normalized spacial score (nSPS) is 16.0. The molecule has 0 saturated heterocycles. The molecule has 0 spiro atoms. The minimum absolute atomic E-state index is 0.130. The molecule has 114 valence electrons. The molecule has 1 aromatic rings. The van der Waals surface area contributed by atoms with Gasteiger partial charge in [0.15, 0.2) is 0 Å². The van der Waals surface area contributed by atoms with Gasteiger partial charge in [0.1, 0.15) is 0 Å². The molecule has 1 atom stereocenters. The van der Waals surface area contributed by atoms with Gasteiger partial charge in [0.05, 0.1) is 6.42 Å². The van der Waals surface area contributed by atoms with Gasteiger partial charge in [0.25, 0.3) is 5.91 Å². The molecule has 0 radical (unpaired) electrons. The Balaban J connectivity index is 2.30. The molecule has 1 aromatic carbocycles. The van der Waals surface area contributed by atoms with Gasteiger partial charge in [0, 0.05) is 18.7 Å². The van der Waals surface area contributed by atoms with Gasteiger partial charge in [-0.05, 0) is 30.2 Å². The van der Waals surface area contributed by atoms with Crippen molar-refractivity contribution >= 4 is 11.8 Å². The molecule has 0 aromatic heterocycles.